The lowest BCUT2D eigenvalue weighted by atomic mass is 9.98. The number of nitrogens with zero attached hydrogens (tertiary/aromatic N) is 2. The molecule has 2 heterocycles. The molecule has 2 aliphatic rings. The molecule has 42 heavy (non-hydrogen) atoms. The van der Waals surface area contributed by atoms with Crippen LogP contribution >= 0.6 is 0 Å². The Balaban J connectivity index is 1.17. The fraction of sp³-hybridized carbons (Fsp3) is 0.250. The van der Waals surface area contributed by atoms with E-state index in [-0.39, 0.29) is 23.6 Å². The van der Waals surface area contributed by atoms with E-state index in [0.717, 1.165) is 45.1 Å². The molecule has 0 aromatic heterocycles. The highest BCUT2D eigenvalue weighted by Gasteiger charge is 2.21. The Kier molecular flexibility index (Phi) is 8.52. The summed E-state index contributed by atoms with van der Waals surface area (Å²) in [5, 5.41) is 10.9. The topological polar surface area (TPSA) is 141 Å². The Morgan fingerprint density at radius 2 is 0.952 bits per heavy atom. The zero-order valence-electron chi connectivity index (χ0n) is 23.5. The predicted molar refractivity (Wildman–Crippen MR) is 161 cm³/mol. The number of hydrogen-bond acceptors (Lipinski definition) is 6. The highest BCUT2D eigenvalue weighted by Crippen LogP contribution is 2.32. The average Bonchev–Trinajstić information content (AvgIpc) is 3.61. The number of carbonyl (C=O) groups excluding carboxylic acids is 4. The summed E-state index contributed by atoms with van der Waals surface area (Å²) in [5.41, 5.74) is 8.71. The first-order chi connectivity index (χ1) is 20.3. The molecule has 0 saturated carbocycles. The highest BCUT2D eigenvalue weighted by molar-refractivity contribution is 6.10. The van der Waals surface area contributed by atoms with E-state index < -0.39 is 0 Å². The Morgan fingerprint density at radius 1 is 0.571 bits per heavy atom. The van der Waals surface area contributed by atoms with Crippen LogP contribution in [0.3, 0.4) is 0 Å². The first-order valence-corrected chi connectivity index (χ1v) is 13.8. The van der Waals surface area contributed by atoms with Crippen molar-refractivity contribution in [2.24, 2.45) is 9.98 Å². The largest absolute Gasteiger partial charge is 0.355 e. The summed E-state index contributed by atoms with van der Waals surface area (Å²) in [4.78, 5) is 56.6. The fourth-order valence-corrected chi connectivity index (χ4v) is 4.91. The molecule has 4 amide bonds. The Labute approximate surface area is 243 Å². The van der Waals surface area contributed by atoms with Crippen LogP contribution in [0.5, 0.6) is 0 Å². The van der Waals surface area contributed by atoms with Gasteiger partial charge in [0, 0.05) is 64.0 Å². The van der Waals surface area contributed by atoms with Crippen LogP contribution in [0.4, 0.5) is 11.4 Å². The standard InChI is InChI=1S/C32H32N6O4/c1-19(39)33-11-13-35-31(41)23-7-9-27-25(15-23)17-29(37-27)21-3-5-22(6-4-21)30-18-26-16-24(8-10-28(26)38-30)32(42)36-14-12-34-20(2)40/h3-10,15-16H,11-14,17-18H2,1-2H3,(H,33,39)(H,34,40)(H,35,41)(H,36,42). The van der Waals surface area contributed by atoms with Gasteiger partial charge < -0.3 is 21.3 Å². The number of aliphatic imine (C=N–C) groups is 2. The van der Waals surface area contributed by atoms with Crippen LogP contribution in [-0.2, 0) is 22.4 Å². The van der Waals surface area contributed by atoms with E-state index in [1.54, 1.807) is 12.1 Å². The van der Waals surface area contributed by atoms with Crippen LogP contribution in [0.25, 0.3) is 0 Å². The second kappa shape index (κ2) is 12.6. The van der Waals surface area contributed by atoms with Gasteiger partial charge in [-0.15, -0.1) is 0 Å². The lowest BCUT2D eigenvalue weighted by Crippen LogP contribution is -2.33. The molecule has 0 fully saturated rings. The van der Waals surface area contributed by atoms with Gasteiger partial charge in [-0.25, -0.2) is 0 Å². The Bertz CT molecular complexity index is 1500. The summed E-state index contributed by atoms with van der Waals surface area (Å²) < 4.78 is 0. The summed E-state index contributed by atoms with van der Waals surface area (Å²) in [6, 6.07) is 19.1. The molecule has 0 aliphatic carbocycles. The molecule has 0 unspecified atom stereocenters. The van der Waals surface area contributed by atoms with Crippen molar-refractivity contribution in [1.82, 2.24) is 21.3 Å². The number of carbonyl (C=O) groups is 4. The second-order valence-corrected chi connectivity index (χ2v) is 10.2. The van der Waals surface area contributed by atoms with Crippen LogP contribution in [0.1, 0.15) is 56.8 Å². The summed E-state index contributed by atoms with van der Waals surface area (Å²) in [6.45, 7) is 4.36. The molecule has 0 bridgehead atoms. The van der Waals surface area contributed by atoms with E-state index in [9.17, 15) is 19.2 Å². The van der Waals surface area contributed by atoms with Crippen LogP contribution in [0.15, 0.2) is 70.6 Å². The van der Waals surface area contributed by atoms with Crippen molar-refractivity contribution in [2.45, 2.75) is 26.7 Å². The maximum atomic E-state index is 12.5. The van der Waals surface area contributed by atoms with Gasteiger partial charge >= 0.3 is 0 Å². The average molecular weight is 565 g/mol. The molecule has 3 aromatic rings. The van der Waals surface area contributed by atoms with Gasteiger partial charge in [0.25, 0.3) is 11.8 Å². The fourth-order valence-electron chi connectivity index (χ4n) is 4.91. The van der Waals surface area contributed by atoms with Gasteiger partial charge in [0.05, 0.1) is 22.8 Å². The third-order valence-corrected chi connectivity index (χ3v) is 7.03. The van der Waals surface area contributed by atoms with E-state index in [4.69, 9.17) is 9.98 Å². The first kappa shape index (κ1) is 28.4. The molecule has 0 saturated heterocycles. The molecule has 214 valence electrons. The van der Waals surface area contributed by atoms with Gasteiger partial charge in [-0.1, -0.05) is 24.3 Å². The number of hydrogen-bond donors (Lipinski definition) is 4. The van der Waals surface area contributed by atoms with E-state index in [1.807, 2.05) is 48.5 Å². The van der Waals surface area contributed by atoms with Crippen LogP contribution < -0.4 is 21.3 Å². The van der Waals surface area contributed by atoms with Gasteiger partial charge in [-0.2, -0.15) is 0 Å². The van der Waals surface area contributed by atoms with Gasteiger partial charge in [0.15, 0.2) is 0 Å². The zero-order valence-corrected chi connectivity index (χ0v) is 23.5. The maximum absolute atomic E-state index is 12.5. The summed E-state index contributed by atoms with van der Waals surface area (Å²) >= 11 is 0. The van der Waals surface area contributed by atoms with Gasteiger partial charge in [0.2, 0.25) is 11.8 Å². The van der Waals surface area contributed by atoms with Crippen molar-refractivity contribution in [3.63, 3.8) is 0 Å². The number of rotatable bonds is 10. The van der Waals surface area contributed by atoms with Gasteiger partial charge in [-0.05, 0) is 58.7 Å². The van der Waals surface area contributed by atoms with Crippen molar-refractivity contribution in [3.05, 3.63) is 94.0 Å². The first-order valence-electron chi connectivity index (χ1n) is 13.8. The molecule has 5 rings (SSSR count). The molecule has 0 atom stereocenters. The van der Waals surface area contributed by atoms with Crippen LogP contribution in [0, 0.1) is 0 Å². The number of benzene rings is 3. The number of nitrogens with one attached hydrogen (secondary N) is 4. The molecule has 2 aliphatic heterocycles. The lowest BCUT2D eigenvalue weighted by molar-refractivity contribution is -0.119. The Hall–Kier alpha value is -5.12. The number of amides is 4. The van der Waals surface area contributed by atoms with Crippen molar-refractivity contribution < 1.29 is 19.2 Å². The predicted octanol–water partition coefficient (Wildman–Crippen LogP) is 2.77. The SMILES string of the molecule is CC(=O)NCCNC(=O)c1ccc2c(c1)CC(c1ccc(C3=Nc4ccc(C(=O)NCCNC(C)=O)cc4C3)cc1)=N2. The molecular weight excluding hydrogens is 532 g/mol. The van der Waals surface area contributed by atoms with Gasteiger partial charge in [0.1, 0.15) is 0 Å². The highest BCUT2D eigenvalue weighted by atomic mass is 16.2. The minimum Gasteiger partial charge on any atom is -0.355 e. The molecule has 10 nitrogen and oxygen atoms in total. The van der Waals surface area contributed by atoms with E-state index in [0.29, 0.717) is 50.1 Å². The minimum absolute atomic E-state index is 0.131. The van der Waals surface area contributed by atoms with Gasteiger partial charge in [-0.3, -0.25) is 29.2 Å². The third kappa shape index (κ3) is 6.77. The van der Waals surface area contributed by atoms with E-state index >= 15 is 0 Å². The van der Waals surface area contributed by atoms with E-state index in [2.05, 4.69) is 21.3 Å². The third-order valence-electron chi connectivity index (χ3n) is 7.03. The smallest absolute Gasteiger partial charge is 0.251 e. The van der Waals surface area contributed by atoms with Crippen molar-refractivity contribution in [3.8, 4) is 0 Å². The van der Waals surface area contributed by atoms with Crippen LogP contribution in [-0.4, -0.2) is 61.2 Å². The maximum Gasteiger partial charge on any atom is 0.251 e. The van der Waals surface area contributed by atoms with E-state index in [1.165, 1.54) is 13.8 Å². The lowest BCUT2D eigenvalue weighted by Gasteiger charge is -2.07. The number of fused-ring (bicyclic) bond motifs is 2. The van der Waals surface area contributed by atoms with Crippen molar-refractivity contribution >= 4 is 46.4 Å². The minimum atomic E-state index is -0.186. The molecule has 0 spiro atoms. The Morgan fingerprint density at radius 3 is 1.33 bits per heavy atom. The normalized spacial score (nSPS) is 12.9. The second-order valence-electron chi connectivity index (χ2n) is 10.2. The summed E-state index contributed by atoms with van der Waals surface area (Å²) in [6.07, 6.45) is 1.26. The quantitative estimate of drug-likeness (QED) is 0.281. The van der Waals surface area contributed by atoms with Crippen molar-refractivity contribution in [1.29, 1.82) is 0 Å². The molecule has 0 radical (unpaired) electrons. The summed E-state index contributed by atoms with van der Waals surface area (Å²) in [7, 11) is 0. The molecule has 4 N–H and O–H groups in total. The van der Waals surface area contributed by atoms with Crippen LogP contribution in [0.2, 0.25) is 0 Å². The zero-order chi connectivity index (χ0) is 29.6. The van der Waals surface area contributed by atoms with Crippen molar-refractivity contribution in [2.75, 3.05) is 26.2 Å². The summed E-state index contributed by atoms with van der Waals surface area (Å²) in [5.74, 6) is -0.634. The molecule has 3 aromatic carbocycles. The molecular formula is C32H32N6O4. The monoisotopic (exact) mass is 564 g/mol. The molecule has 10 heteroatoms.